The fourth-order valence-electron chi connectivity index (χ4n) is 3.96. The summed E-state index contributed by atoms with van der Waals surface area (Å²) >= 11 is 0. The molecule has 2 atom stereocenters. The second kappa shape index (κ2) is 10.7. The summed E-state index contributed by atoms with van der Waals surface area (Å²) in [4.78, 5) is 14.1. The molecule has 0 aliphatic carbocycles. The summed E-state index contributed by atoms with van der Waals surface area (Å²) in [5, 5.41) is 24.6. The van der Waals surface area contributed by atoms with Gasteiger partial charge in [-0.2, -0.15) is 0 Å². The molecule has 0 saturated carbocycles. The summed E-state index contributed by atoms with van der Waals surface area (Å²) in [6.45, 7) is 0.751. The van der Waals surface area contributed by atoms with Gasteiger partial charge in [-0.05, 0) is 29.7 Å². The zero-order valence-electron chi connectivity index (χ0n) is 18.8. The number of likely N-dealkylation sites (tertiary alicyclic amines) is 1. The molecule has 0 spiro atoms. The highest BCUT2D eigenvalue weighted by atomic mass is 16.5. The van der Waals surface area contributed by atoms with Crippen molar-refractivity contribution in [1.82, 2.24) is 10.2 Å². The van der Waals surface area contributed by atoms with Crippen LogP contribution in [0.4, 0.5) is 0 Å². The maximum Gasteiger partial charge on any atom is 0.223 e. The Morgan fingerprint density at radius 3 is 2.34 bits per heavy atom. The minimum Gasteiger partial charge on any atom is -0.493 e. The molecular formula is C24H32N2O6. The van der Waals surface area contributed by atoms with Crippen LogP contribution in [0.2, 0.25) is 0 Å². The van der Waals surface area contributed by atoms with Crippen LogP contribution in [0.3, 0.4) is 0 Å². The summed E-state index contributed by atoms with van der Waals surface area (Å²) in [6, 6.07) is 13.4. The van der Waals surface area contributed by atoms with Crippen molar-refractivity contribution in [1.29, 1.82) is 0 Å². The number of carbonyl (C=O) groups excluding carboxylic acids is 1. The first-order valence-electron chi connectivity index (χ1n) is 10.6. The minimum atomic E-state index is -1.41. The normalized spacial score (nSPS) is 20.3. The number of aliphatic hydroxyl groups is 2. The topological polar surface area (TPSA) is 100 Å². The number of β-amino-alcohol motifs (C(OH)–C–C–N with tert-alkyl or cyclic N) is 2. The molecular weight excluding hydrogens is 412 g/mol. The fourth-order valence-corrected chi connectivity index (χ4v) is 3.96. The molecule has 1 aliphatic heterocycles. The fraction of sp³-hybridized carbons (Fsp3) is 0.458. The van der Waals surface area contributed by atoms with E-state index in [1.54, 1.807) is 21.3 Å². The molecule has 1 fully saturated rings. The van der Waals surface area contributed by atoms with Gasteiger partial charge < -0.3 is 34.6 Å². The van der Waals surface area contributed by atoms with Gasteiger partial charge in [0.05, 0.1) is 27.9 Å². The maximum atomic E-state index is 12.6. The molecule has 1 heterocycles. The highest BCUT2D eigenvalue weighted by molar-refractivity contribution is 5.77. The van der Waals surface area contributed by atoms with E-state index in [1.165, 1.54) is 4.90 Å². The lowest BCUT2D eigenvalue weighted by molar-refractivity contribution is -0.131. The van der Waals surface area contributed by atoms with Gasteiger partial charge in [0.25, 0.3) is 0 Å². The van der Waals surface area contributed by atoms with E-state index in [2.05, 4.69) is 5.32 Å². The van der Waals surface area contributed by atoms with E-state index >= 15 is 0 Å². The molecule has 174 valence electrons. The van der Waals surface area contributed by atoms with Gasteiger partial charge >= 0.3 is 0 Å². The average Bonchev–Trinajstić information content (AvgIpc) is 3.11. The molecule has 0 bridgehead atoms. The third-order valence-corrected chi connectivity index (χ3v) is 5.79. The zero-order valence-corrected chi connectivity index (χ0v) is 18.8. The molecule has 1 amide bonds. The predicted octanol–water partition coefficient (Wildman–Crippen LogP) is 1.37. The van der Waals surface area contributed by atoms with E-state index in [-0.39, 0.29) is 25.5 Å². The molecule has 3 N–H and O–H groups in total. The van der Waals surface area contributed by atoms with E-state index in [1.807, 2.05) is 42.5 Å². The van der Waals surface area contributed by atoms with Crippen LogP contribution in [0, 0.1) is 0 Å². The number of rotatable bonds is 10. The van der Waals surface area contributed by atoms with Gasteiger partial charge in [0.2, 0.25) is 11.7 Å². The van der Waals surface area contributed by atoms with E-state index in [9.17, 15) is 15.0 Å². The Bertz CT molecular complexity index is 882. The van der Waals surface area contributed by atoms with Crippen molar-refractivity contribution in [3.05, 3.63) is 53.6 Å². The van der Waals surface area contributed by atoms with Crippen LogP contribution in [0.15, 0.2) is 42.5 Å². The van der Waals surface area contributed by atoms with Crippen molar-refractivity contribution in [3.8, 4) is 17.2 Å². The molecule has 0 radical (unpaired) electrons. The Balaban J connectivity index is 1.55. The summed E-state index contributed by atoms with van der Waals surface area (Å²) in [5.74, 6) is 1.51. The summed E-state index contributed by atoms with van der Waals surface area (Å²) < 4.78 is 16.1. The average molecular weight is 445 g/mol. The Morgan fingerprint density at radius 1 is 1.09 bits per heavy atom. The monoisotopic (exact) mass is 444 g/mol. The third-order valence-electron chi connectivity index (χ3n) is 5.79. The van der Waals surface area contributed by atoms with Gasteiger partial charge in [0, 0.05) is 26.1 Å². The second-order valence-corrected chi connectivity index (χ2v) is 8.02. The smallest absolute Gasteiger partial charge is 0.223 e. The first-order chi connectivity index (χ1) is 15.4. The number of nitrogens with one attached hydrogen (secondary N) is 1. The highest BCUT2D eigenvalue weighted by Crippen LogP contribution is 2.38. The number of ether oxygens (including phenoxy) is 3. The Hall–Kier alpha value is -2.81. The predicted molar refractivity (Wildman–Crippen MR) is 120 cm³/mol. The van der Waals surface area contributed by atoms with Gasteiger partial charge in [-0.3, -0.25) is 4.79 Å². The highest BCUT2D eigenvalue weighted by Gasteiger charge is 2.45. The van der Waals surface area contributed by atoms with E-state index in [0.29, 0.717) is 36.6 Å². The number of hydrogen-bond donors (Lipinski definition) is 3. The van der Waals surface area contributed by atoms with Crippen molar-refractivity contribution in [3.63, 3.8) is 0 Å². The molecule has 2 aromatic carbocycles. The van der Waals surface area contributed by atoms with Crippen molar-refractivity contribution < 1.29 is 29.2 Å². The largest absolute Gasteiger partial charge is 0.493 e. The summed E-state index contributed by atoms with van der Waals surface area (Å²) in [7, 11) is 4.65. The van der Waals surface area contributed by atoms with Crippen molar-refractivity contribution in [2.75, 3.05) is 41.0 Å². The van der Waals surface area contributed by atoms with Crippen LogP contribution in [-0.4, -0.2) is 73.7 Å². The molecule has 3 rings (SSSR count). The Kier molecular flexibility index (Phi) is 7.95. The van der Waals surface area contributed by atoms with Gasteiger partial charge in [-0.15, -0.1) is 0 Å². The summed E-state index contributed by atoms with van der Waals surface area (Å²) in [5.41, 5.74) is 0.539. The lowest BCUT2D eigenvalue weighted by Gasteiger charge is -2.26. The lowest BCUT2D eigenvalue weighted by Crippen LogP contribution is -2.50. The van der Waals surface area contributed by atoms with Gasteiger partial charge in [0.1, 0.15) is 11.7 Å². The van der Waals surface area contributed by atoms with E-state index in [4.69, 9.17) is 14.2 Å². The van der Waals surface area contributed by atoms with Crippen molar-refractivity contribution >= 4 is 5.91 Å². The second-order valence-electron chi connectivity index (χ2n) is 8.02. The van der Waals surface area contributed by atoms with Crippen LogP contribution < -0.4 is 19.5 Å². The SMILES string of the molecule is COc1cc(CNC[C@]2(O)CN(C(=O)CCc3ccccc3)C[C@H]2O)cc(OC)c1OC. The van der Waals surface area contributed by atoms with Crippen LogP contribution in [0.25, 0.3) is 0 Å². The molecule has 0 aromatic heterocycles. The molecule has 2 aromatic rings. The number of aliphatic hydroxyl groups excluding tert-OH is 1. The maximum absolute atomic E-state index is 12.6. The van der Waals surface area contributed by atoms with Gasteiger partial charge in [0.15, 0.2) is 11.5 Å². The number of nitrogens with zero attached hydrogens (tertiary/aromatic N) is 1. The van der Waals surface area contributed by atoms with Crippen molar-refractivity contribution in [2.45, 2.75) is 31.1 Å². The quantitative estimate of drug-likeness (QED) is 0.509. The Morgan fingerprint density at radius 2 is 1.75 bits per heavy atom. The van der Waals surface area contributed by atoms with Crippen LogP contribution >= 0.6 is 0 Å². The number of carbonyl (C=O) groups is 1. The van der Waals surface area contributed by atoms with Crippen LogP contribution in [-0.2, 0) is 17.8 Å². The zero-order chi connectivity index (χ0) is 23.1. The number of benzene rings is 2. The molecule has 8 heteroatoms. The van der Waals surface area contributed by atoms with Crippen molar-refractivity contribution in [2.24, 2.45) is 0 Å². The van der Waals surface area contributed by atoms with E-state index < -0.39 is 11.7 Å². The third kappa shape index (κ3) is 5.51. The number of hydrogen-bond acceptors (Lipinski definition) is 7. The summed E-state index contributed by atoms with van der Waals surface area (Å²) in [6.07, 6.45) is -0.0499. The number of amides is 1. The lowest BCUT2D eigenvalue weighted by atomic mass is 10.0. The number of methoxy groups -OCH3 is 3. The molecule has 0 unspecified atom stereocenters. The van der Waals surface area contributed by atoms with Crippen LogP contribution in [0.1, 0.15) is 17.5 Å². The molecule has 1 aliphatic rings. The molecule has 32 heavy (non-hydrogen) atoms. The first-order valence-corrected chi connectivity index (χ1v) is 10.6. The molecule has 1 saturated heterocycles. The standard InChI is InChI=1S/C24H32N2O6/c1-30-19-11-18(12-20(31-2)23(19)32-3)13-25-15-24(29)16-26(14-21(24)27)22(28)10-9-17-7-5-4-6-8-17/h4-8,11-12,21,25,27,29H,9-10,13-16H2,1-3H3/t21-,24+/m1/s1. The van der Waals surface area contributed by atoms with Gasteiger partial charge in [-0.1, -0.05) is 30.3 Å². The number of aryl methyl sites for hydroxylation is 1. The first kappa shape index (κ1) is 23.8. The minimum absolute atomic E-state index is 0.0755. The van der Waals surface area contributed by atoms with E-state index in [0.717, 1.165) is 11.1 Å². The van der Waals surface area contributed by atoms with Gasteiger partial charge in [-0.25, -0.2) is 0 Å². The Labute approximate surface area is 188 Å². The van der Waals surface area contributed by atoms with Crippen LogP contribution in [0.5, 0.6) is 17.2 Å². The molecule has 8 nitrogen and oxygen atoms in total.